The fraction of sp³-hybridized carbons (Fsp3) is 0.167. The number of nitrogens with one attached hydrogen (secondary N) is 2. The topological polar surface area (TPSA) is 44.9 Å². The zero-order valence-electron chi connectivity index (χ0n) is 13.2. The largest absolute Gasteiger partial charge is 0.358 e. The molecule has 0 atom stereocenters. The summed E-state index contributed by atoms with van der Waals surface area (Å²) in [6.07, 6.45) is 0. The van der Waals surface area contributed by atoms with Crippen molar-refractivity contribution in [3.05, 3.63) is 59.3 Å². The van der Waals surface area contributed by atoms with Gasteiger partial charge in [0.25, 0.3) is 11.7 Å². The molecular weight excluding hydrogens is 330 g/mol. The van der Waals surface area contributed by atoms with E-state index in [0.29, 0.717) is 27.9 Å². The molecule has 3 aromatic rings. The van der Waals surface area contributed by atoms with Gasteiger partial charge in [0.1, 0.15) is 0 Å². The average Bonchev–Trinajstić information content (AvgIpc) is 2.83. The zero-order valence-corrected chi connectivity index (χ0v) is 14.0. The quantitative estimate of drug-likeness (QED) is 0.625. The van der Waals surface area contributed by atoms with Crippen LogP contribution in [0.25, 0.3) is 10.9 Å². The summed E-state index contributed by atoms with van der Waals surface area (Å²) in [5.41, 5.74) is 4.31. The third-order valence-electron chi connectivity index (χ3n) is 3.91. The van der Waals surface area contributed by atoms with E-state index in [1.807, 2.05) is 26.0 Å². The molecule has 124 valence electrons. The number of hydrogen-bond donors (Lipinski definition) is 2. The maximum atomic E-state index is 12.4. The van der Waals surface area contributed by atoms with Crippen LogP contribution in [0.2, 0.25) is 0 Å². The standard InChI is InChI=1S/C18H16F2N2OS/c1-10-11(2)21-16-8-3-12(9-15(10)16)17(23)22-13-4-6-14(7-5-13)24-18(19)20/h3-9,18,21H,1-2H3,(H,22,23). The number of anilines is 1. The minimum absolute atomic E-state index is 0.232. The van der Waals surface area contributed by atoms with Crippen LogP contribution in [0.15, 0.2) is 47.4 Å². The van der Waals surface area contributed by atoms with Gasteiger partial charge in [-0.3, -0.25) is 4.79 Å². The van der Waals surface area contributed by atoms with E-state index in [1.54, 1.807) is 30.3 Å². The third kappa shape index (κ3) is 3.43. The van der Waals surface area contributed by atoms with E-state index in [2.05, 4.69) is 10.3 Å². The number of aromatic amines is 1. The monoisotopic (exact) mass is 346 g/mol. The van der Waals surface area contributed by atoms with Crippen molar-refractivity contribution in [1.82, 2.24) is 4.98 Å². The molecule has 0 aliphatic heterocycles. The van der Waals surface area contributed by atoms with Gasteiger partial charge in [0.2, 0.25) is 0 Å². The lowest BCUT2D eigenvalue weighted by molar-refractivity contribution is 0.102. The Labute approximate surface area is 142 Å². The average molecular weight is 346 g/mol. The summed E-state index contributed by atoms with van der Waals surface area (Å²) in [6.45, 7) is 4.00. The normalized spacial score (nSPS) is 11.2. The van der Waals surface area contributed by atoms with Gasteiger partial charge in [0.05, 0.1) is 0 Å². The Balaban J connectivity index is 1.78. The minimum Gasteiger partial charge on any atom is -0.358 e. The predicted molar refractivity (Wildman–Crippen MR) is 94.0 cm³/mol. The van der Waals surface area contributed by atoms with Crippen molar-refractivity contribution in [2.24, 2.45) is 0 Å². The number of aryl methyl sites for hydroxylation is 2. The highest BCUT2D eigenvalue weighted by Gasteiger charge is 2.11. The molecule has 0 spiro atoms. The smallest absolute Gasteiger partial charge is 0.288 e. The summed E-state index contributed by atoms with van der Waals surface area (Å²) >= 11 is 0.478. The first-order chi connectivity index (χ1) is 11.4. The molecular formula is C18H16F2N2OS. The second-order valence-corrected chi connectivity index (χ2v) is 6.56. The van der Waals surface area contributed by atoms with E-state index in [-0.39, 0.29) is 5.91 Å². The molecule has 6 heteroatoms. The lowest BCUT2D eigenvalue weighted by Crippen LogP contribution is -2.11. The van der Waals surface area contributed by atoms with Gasteiger partial charge in [-0.05, 0) is 61.9 Å². The lowest BCUT2D eigenvalue weighted by Gasteiger charge is -2.07. The number of rotatable bonds is 4. The van der Waals surface area contributed by atoms with Crippen molar-refractivity contribution in [1.29, 1.82) is 0 Å². The van der Waals surface area contributed by atoms with Crippen LogP contribution in [0.1, 0.15) is 21.6 Å². The van der Waals surface area contributed by atoms with Gasteiger partial charge in [0, 0.05) is 32.7 Å². The van der Waals surface area contributed by atoms with Crippen LogP contribution in [0, 0.1) is 13.8 Å². The first-order valence-electron chi connectivity index (χ1n) is 7.39. The number of amides is 1. The Morgan fingerprint density at radius 3 is 2.50 bits per heavy atom. The van der Waals surface area contributed by atoms with Gasteiger partial charge in [0.15, 0.2) is 0 Å². The van der Waals surface area contributed by atoms with E-state index >= 15 is 0 Å². The van der Waals surface area contributed by atoms with E-state index in [0.717, 1.165) is 22.2 Å². The van der Waals surface area contributed by atoms with Crippen molar-refractivity contribution < 1.29 is 13.6 Å². The van der Waals surface area contributed by atoms with Crippen molar-refractivity contribution in [3.8, 4) is 0 Å². The third-order valence-corrected chi connectivity index (χ3v) is 4.63. The van der Waals surface area contributed by atoms with Crippen molar-refractivity contribution in [2.45, 2.75) is 24.5 Å². The molecule has 3 rings (SSSR count). The van der Waals surface area contributed by atoms with E-state index in [4.69, 9.17) is 0 Å². The number of alkyl halides is 2. The minimum atomic E-state index is -2.45. The van der Waals surface area contributed by atoms with Crippen molar-refractivity contribution in [2.75, 3.05) is 5.32 Å². The molecule has 3 nitrogen and oxygen atoms in total. The number of thioether (sulfide) groups is 1. The number of aromatic nitrogens is 1. The van der Waals surface area contributed by atoms with Crippen LogP contribution in [0.4, 0.5) is 14.5 Å². The number of benzene rings is 2. The first kappa shape index (κ1) is 16.5. The molecule has 2 N–H and O–H groups in total. The van der Waals surface area contributed by atoms with Gasteiger partial charge in [-0.25, -0.2) is 0 Å². The number of H-pyrrole nitrogens is 1. The zero-order chi connectivity index (χ0) is 17.3. The summed E-state index contributed by atoms with van der Waals surface area (Å²) in [7, 11) is 0. The van der Waals surface area contributed by atoms with Crippen molar-refractivity contribution in [3.63, 3.8) is 0 Å². The summed E-state index contributed by atoms with van der Waals surface area (Å²) in [5.74, 6) is -2.69. The summed E-state index contributed by atoms with van der Waals surface area (Å²) in [4.78, 5) is 16.1. The second kappa shape index (κ2) is 6.65. The molecule has 0 aliphatic rings. The van der Waals surface area contributed by atoms with E-state index in [9.17, 15) is 13.6 Å². The van der Waals surface area contributed by atoms with Crippen LogP contribution >= 0.6 is 11.8 Å². The highest BCUT2D eigenvalue weighted by Crippen LogP contribution is 2.27. The molecule has 0 aliphatic carbocycles. The molecule has 1 heterocycles. The van der Waals surface area contributed by atoms with Gasteiger partial charge >= 0.3 is 0 Å². The SMILES string of the molecule is Cc1[nH]c2ccc(C(=O)Nc3ccc(SC(F)F)cc3)cc2c1C. The molecule has 0 saturated heterocycles. The highest BCUT2D eigenvalue weighted by molar-refractivity contribution is 7.99. The number of hydrogen-bond acceptors (Lipinski definition) is 2. The Hall–Kier alpha value is -2.34. The number of fused-ring (bicyclic) bond motifs is 1. The summed E-state index contributed by atoms with van der Waals surface area (Å²) in [5, 5.41) is 3.80. The maximum absolute atomic E-state index is 12.4. The number of carbonyl (C=O) groups excluding carboxylic acids is 1. The molecule has 0 saturated carbocycles. The van der Waals surface area contributed by atoms with E-state index < -0.39 is 5.76 Å². The second-order valence-electron chi connectivity index (χ2n) is 5.49. The molecule has 2 aromatic carbocycles. The van der Waals surface area contributed by atoms with Crippen molar-refractivity contribution >= 4 is 34.3 Å². The summed E-state index contributed by atoms with van der Waals surface area (Å²) in [6, 6.07) is 11.9. The van der Waals surface area contributed by atoms with Crippen LogP contribution in [-0.4, -0.2) is 16.6 Å². The number of carbonyl (C=O) groups is 1. The molecule has 1 aromatic heterocycles. The first-order valence-corrected chi connectivity index (χ1v) is 8.27. The van der Waals surface area contributed by atoms with Crippen LogP contribution in [0.5, 0.6) is 0 Å². The van der Waals surface area contributed by atoms with Gasteiger partial charge < -0.3 is 10.3 Å². The molecule has 0 bridgehead atoms. The summed E-state index contributed by atoms with van der Waals surface area (Å²) < 4.78 is 24.6. The van der Waals surface area contributed by atoms with Gasteiger partial charge in [-0.15, -0.1) is 0 Å². The maximum Gasteiger partial charge on any atom is 0.288 e. The fourth-order valence-corrected chi connectivity index (χ4v) is 3.02. The lowest BCUT2D eigenvalue weighted by atomic mass is 10.1. The predicted octanol–water partition coefficient (Wildman–Crippen LogP) is 5.35. The van der Waals surface area contributed by atoms with Crippen LogP contribution in [-0.2, 0) is 0 Å². The Kier molecular flexibility index (Phi) is 4.57. The fourth-order valence-electron chi connectivity index (χ4n) is 2.53. The highest BCUT2D eigenvalue weighted by atomic mass is 32.2. The Bertz CT molecular complexity index is 888. The molecule has 0 fully saturated rings. The van der Waals surface area contributed by atoms with Crippen LogP contribution < -0.4 is 5.32 Å². The Morgan fingerprint density at radius 2 is 1.83 bits per heavy atom. The van der Waals surface area contributed by atoms with E-state index in [1.165, 1.54) is 0 Å². The molecule has 24 heavy (non-hydrogen) atoms. The molecule has 0 radical (unpaired) electrons. The molecule has 0 unspecified atom stereocenters. The van der Waals surface area contributed by atoms with Gasteiger partial charge in [-0.1, -0.05) is 11.8 Å². The van der Waals surface area contributed by atoms with Crippen LogP contribution in [0.3, 0.4) is 0 Å². The molecule has 1 amide bonds. The Morgan fingerprint density at radius 1 is 1.12 bits per heavy atom. The number of halogens is 2. The van der Waals surface area contributed by atoms with Gasteiger partial charge in [-0.2, -0.15) is 8.78 Å².